The fraction of sp³-hybridized carbons (Fsp3) is 0.533. The number of hydrogen-bond donors (Lipinski definition) is 1. The van der Waals surface area contributed by atoms with E-state index in [1.54, 1.807) is 16.7 Å². The van der Waals surface area contributed by atoms with Crippen molar-refractivity contribution < 1.29 is 4.39 Å². The summed E-state index contributed by atoms with van der Waals surface area (Å²) >= 11 is 0. The maximum absolute atomic E-state index is 13.7. The quantitative estimate of drug-likeness (QED) is 0.934. The minimum atomic E-state index is -0.362. The van der Waals surface area contributed by atoms with Gasteiger partial charge in [0.05, 0.1) is 5.52 Å². The molecule has 0 aliphatic carbocycles. The molecule has 1 saturated heterocycles. The molecule has 0 saturated carbocycles. The molecule has 0 bridgehead atoms. The van der Waals surface area contributed by atoms with Crippen LogP contribution in [0.25, 0.3) is 11.0 Å². The highest BCUT2D eigenvalue weighted by molar-refractivity contribution is 5.75. The molecule has 0 unspecified atom stereocenters. The molecule has 0 spiro atoms. The van der Waals surface area contributed by atoms with Crippen molar-refractivity contribution in [3.63, 3.8) is 0 Å². The van der Waals surface area contributed by atoms with Crippen LogP contribution in [0, 0.1) is 11.7 Å². The third-order valence-corrected chi connectivity index (χ3v) is 4.35. The van der Waals surface area contributed by atoms with E-state index < -0.39 is 0 Å². The molecule has 1 aromatic heterocycles. The van der Waals surface area contributed by atoms with Gasteiger partial charge in [-0.05, 0) is 50.5 Å². The van der Waals surface area contributed by atoms with Crippen LogP contribution in [0.5, 0.6) is 0 Å². The van der Waals surface area contributed by atoms with Gasteiger partial charge in [0.15, 0.2) is 0 Å². The summed E-state index contributed by atoms with van der Waals surface area (Å²) in [4.78, 5) is 17.1. The standard InChI is InChI=1S/C15H20FN3O/c1-2-18-8-6-11(7-9-18)10-19-13-5-3-4-12(16)14(13)17-15(19)20/h3-5,11H,2,6-10H2,1H3,(H,17,20). The first-order chi connectivity index (χ1) is 9.69. The molecule has 108 valence electrons. The van der Waals surface area contributed by atoms with Crippen LogP contribution in [0.3, 0.4) is 0 Å². The molecule has 1 fully saturated rings. The summed E-state index contributed by atoms with van der Waals surface area (Å²) in [5.41, 5.74) is 0.791. The second-order valence-corrected chi connectivity index (χ2v) is 5.55. The minimum absolute atomic E-state index is 0.206. The van der Waals surface area contributed by atoms with E-state index in [2.05, 4.69) is 16.8 Å². The van der Waals surface area contributed by atoms with E-state index in [-0.39, 0.29) is 11.5 Å². The third-order valence-electron chi connectivity index (χ3n) is 4.35. The normalized spacial score (nSPS) is 17.9. The fourth-order valence-electron chi connectivity index (χ4n) is 3.07. The second-order valence-electron chi connectivity index (χ2n) is 5.55. The van der Waals surface area contributed by atoms with E-state index in [0.29, 0.717) is 23.5 Å². The van der Waals surface area contributed by atoms with Crippen molar-refractivity contribution in [3.05, 3.63) is 34.5 Å². The van der Waals surface area contributed by atoms with Crippen LogP contribution in [0.4, 0.5) is 4.39 Å². The Hall–Kier alpha value is -1.62. The first kappa shape index (κ1) is 13.4. The third kappa shape index (κ3) is 2.38. The van der Waals surface area contributed by atoms with Crippen LogP contribution < -0.4 is 5.69 Å². The van der Waals surface area contributed by atoms with Gasteiger partial charge in [0.1, 0.15) is 11.3 Å². The number of piperidine rings is 1. The molecule has 20 heavy (non-hydrogen) atoms. The Kier molecular flexibility index (Phi) is 3.61. The molecular weight excluding hydrogens is 257 g/mol. The number of likely N-dealkylation sites (tertiary alicyclic amines) is 1. The lowest BCUT2D eigenvalue weighted by molar-refractivity contribution is 0.181. The number of imidazole rings is 1. The van der Waals surface area contributed by atoms with Crippen molar-refractivity contribution >= 4 is 11.0 Å². The summed E-state index contributed by atoms with van der Waals surface area (Å²) in [5.74, 6) is 0.136. The largest absolute Gasteiger partial charge is 0.326 e. The number of halogens is 1. The summed E-state index contributed by atoms with van der Waals surface area (Å²) in [7, 11) is 0. The zero-order valence-corrected chi connectivity index (χ0v) is 11.7. The van der Waals surface area contributed by atoms with E-state index >= 15 is 0 Å². The van der Waals surface area contributed by atoms with E-state index in [0.717, 1.165) is 32.5 Å². The van der Waals surface area contributed by atoms with E-state index in [1.807, 2.05) is 0 Å². The number of hydrogen-bond acceptors (Lipinski definition) is 2. The van der Waals surface area contributed by atoms with Gasteiger partial charge in [-0.1, -0.05) is 13.0 Å². The smallest absolute Gasteiger partial charge is 0.304 e. The molecule has 1 aliphatic heterocycles. The Balaban J connectivity index is 1.83. The van der Waals surface area contributed by atoms with E-state index in [1.165, 1.54) is 6.07 Å². The topological polar surface area (TPSA) is 41.0 Å². The first-order valence-corrected chi connectivity index (χ1v) is 7.28. The molecule has 0 atom stereocenters. The summed E-state index contributed by atoms with van der Waals surface area (Å²) in [5, 5.41) is 0. The van der Waals surface area contributed by atoms with Gasteiger partial charge in [-0.2, -0.15) is 0 Å². The second kappa shape index (κ2) is 5.40. The molecular formula is C15H20FN3O. The van der Waals surface area contributed by atoms with E-state index in [9.17, 15) is 9.18 Å². The molecule has 3 rings (SSSR count). The molecule has 1 aromatic carbocycles. The van der Waals surface area contributed by atoms with Crippen molar-refractivity contribution in [2.24, 2.45) is 5.92 Å². The van der Waals surface area contributed by atoms with Crippen molar-refractivity contribution in [2.75, 3.05) is 19.6 Å². The van der Waals surface area contributed by atoms with Gasteiger partial charge >= 0.3 is 5.69 Å². The zero-order valence-electron chi connectivity index (χ0n) is 11.7. The van der Waals surface area contributed by atoms with Crippen LogP contribution in [0.15, 0.2) is 23.0 Å². The van der Waals surface area contributed by atoms with Gasteiger partial charge in [-0.3, -0.25) is 4.57 Å². The molecule has 2 heterocycles. The van der Waals surface area contributed by atoms with Crippen molar-refractivity contribution in [3.8, 4) is 0 Å². The van der Waals surface area contributed by atoms with Gasteiger partial charge in [-0.25, -0.2) is 9.18 Å². The molecule has 5 heteroatoms. The number of rotatable bonds is 3. The van der Waals surface area contributed by atoms with Crippen LogP contribution in [0.1, 0.15) is 19.8 Å². The number of benzene rings is 1. The number of H-pyrrole nitrogens is 1. The average Bonchev–Trinajstić information content (AvgIpc) is 2.78. The predicted octanol–water partition coefficient (Wildman–Crippen LogP) is 2.20. The van der Waals surface area contributed by atoms with Crippen LogP contribution >= 0.6 is 0 Å². The number of nitrogens with one attached hydrogen (secondary N) is 1. The van der Waals surface area contributed by atoms with Gasteiger partial charge in [0.2, 0.25) is 0 Å². The van der Waals surface area contributed by atoms with Gasteiger partial charge in [-0.15, -0.1) is 0 Å². The van der Waals surface area contributed by atoms with Crippen LogP contribution in [0.2, 0.25) is 0 Å². The minimum Gasteiger partial charge on any atom is -0.304 e. The lowest BCUT2D eigenvalue weighted by Gasteiger charge is -2.31. The molecule has 0 radical (unpaired) electrons. The highest BCUT2D eigenvalue weighted by atomic mass is 19.1. The van der Waals surface area contributed by atoms with Crippen molar-refractivity contribution in [1.82, 2.24) is 14.5 Å². The number of fused-ring (bicyclic) bond motifs is 1. The number of nitrogens with zero attached hydrogens (tertiary/aromatic N) is 2. The molecule has 1 aliphatic rings. The Morgan fingerprint density at radius 2 is 2.10 bits per heavy atom. The van der Waals surface area contributed by atoms with Gasteiger partial charge in [0.25, 0.3) is 0 Å². The Morgan fingerprint density at radius 3 is 2.80 bits per heavy atom. The average molecular weight is 277 g/mol. The first-order valence-electron chi connectivity index (χ1n) is 7.28. The Labute approximate surface area is 117 Å². The van der Waals surface area contributed by atoms with Crippen molar-refractivity contribution in [2.45, 2.75) is 26.3 Å². The molecule has 4 nitrogen and oxygen atoms in total. The molecule has 0 amide bonds. The monoisotopic (exact) mass is 277 g/mol. The molecule has 2 aromatic rings. The van der Waals surface area contributed by atoms with Crippen molar-refractivity contribution in [1.29, 1.82) is 0 Å². The number of aromatic nitrogens is 2. The van der Waals surface area contributed by atoms with Gasteiger partial charge < -0.3 is 9.88 Å². The number of aromatic amines is 1. The Morgan fingerprint density at radius 1 is 1.35 bits per heavy atom. The summed E-state index contributed by atoms with van der Waals surface area (Å²) in [6, 6.07) is 4.83. The fourth-order valence-corrected chi connectivity index (χ4v) is 3.07. The Bertz CT molecular complexity index is 653. The zero-order chi connectivity index (χ0) is 14.1. The maximum Gasteiger partial charge on any atom is 0.326 e. The SMILES string of the molecule is CCN1CCC(Cn2c(=O)[nH]c3c(F)cccc32)CC1. The lowest BCUT2D eigenvalue weighted by Crippen LogP contribution is -2.35. The summed E-state index contributed by atoms with van der Waals surface area (Å²) < 4.78 is 15.4. The number of para-hydroxylation sites is 1. The van der Waals surface area contributed by atoms with Crippen LogP contribution in [-0.2, 0) is 6.54 Å². The highest BCUT2D eigenvalue weighted by Crippen LogP contribution is 2.21. The van der Waals surface area contributed by atoms with Crippen LogP contribution in [-0.4, -0.2) is 34.1 Å². The summed E-state index contributed by atoms with van der Waals surface area (Å²) in [6.45, 7) is 6.12. The maximum atomic E-state index is 13.7. The summed E-state index contributed by atoms with van der Waals surface area (Å²) in [6.07, 6.45) is 2.20. The highest BCUT2D eigenvalue weighted by Gasteiger charge is 2.20. The van der Waals surface area contributed by atoms with E-state index in [4.69, 9.17) is 0 Å². The lowest BCUT2D eigenvalue weighted by atomic mass is 9.97. The predicted molar refractivity (Wildman–Crippen MR) is 77.4 cm³/mol. The van der Waals surface area contributed by atoms with Gasteiger partial charge in [0, 0.05) is 6.54 Å². The molecule has 1 N–H and O–H groups in total.